The van der Waals surface area contributed by atoms with Crippen molar-refractivity contribution in [3.8, 4) is 16.9 Å². The Kier molecular flexibility index (Phi) is 6.34. The molecule has 5 rings (SSSR count). The Hall–Kier alpha value is -4.32. The lowest BCUT2D eigenvalue weighted by molar-refractivity contribution is -0.0241. The smallest absolute Gasteiger partial charge is 0.409 e. The van der Waals surface area contributed by atoms with E-state index in [0.717, 1.165) is 17.7 Å². The average Bonchev–Trinajstić information content (AvgIpc) is 3.49. The Labute approximate surface area is 209 Å². The van der Waals surface area contributed by atoms with Crippen molar-refractivity contribution < 1.29 is 33.0 Å². The van der Waals surface area contributed by atoms with Crippen molar-refractivity contribution in [2.75, 3.05) is 26.8 Å². The number of halogens is 2. The highest BCUT2D eigenvalue weighted by Gasteiger charge is 2.29. The van der Waals surface area contributed by atoms with Crippen LogP contribution in [0, 0.1) is 18.6 Å². The van der Waals surface area contributed by atoms with Gasteiger partial charge in [-0.05, 0) is 36.8 Å². The van der Waals surface area contributed by atoms with Crippen LogP contribution in [0.1, 0.15) is 21.7 Å². The number of morpholine rings is 1. The summed E-state index contributed by atoms with van der Waals surface area (Å²) in [6.07, 6.45) is 3.43. The molecule has 1 aromatic carbocycles. The molecule has 1 fully saturated rings. The van der Waals surface area contributed by atoms with E-state index in [1.165, 1.54) is 29.1 Å². The van der Waals surface area contributed by atoms with E-state index in [1.54, 1.807) is 16.7 Å². The summed E-state index contributed by atoms with van der Waals surface area (Å²) >= 11 is 0. The Bertz CT molecular complexity index is 1490. The molecule has 1 aliphatic heterocycles. The maximum atomic E-state index is 15.5. The number of carboxylic acids is 1. The number of fused-ring (bicyclic) bond motifs is 1. The van der Waals surface area contributed by atoms with Crippen LogP contribution in [0.25, 0.3) is 22.6 Å². The Morgan fingerprint density at radius 3 is 2.68 bits per heavy atom. The molecule has 1 N–H and O–H groups in total. The predicted octanol–water partition coefficient (Wildman–Crippen LogP) is 3.48. The second-order valence-corrected chi connectivity index (χ2v) is 8.71. The van der Waals surface area contributed by atoms with Gasteiger partial charge in [-0.15, -0.1) is 0 Å². The fourth-order valence-electron chi connectivity index (χ4n) is 4.46. The third-order valence-corrected chi connectivity index (χ3v) is 6.24. The standard InChI is InChI=1S/C25H23F2N5O5/c1-14-3-4-32-20(10-16-11-30(5-6-37-16)25(35)36-2)23(29-21(32)7-14)22-17(26)8-15(9-18(22)27)31-12-19(24(33)34)28-13-31/h3-4,7-9,12-13,16H,5-6,10-11H2,1-2H3,(H,33,34)/t16-/m0/s1. The number of pyridine rings is 1. The maximum absolute atomic E-state index is 15.5. The van der Waals surface area contributed by atoms with Crippen molar-refractivity contribution in [1.82, 2.24) is 23.8 Å². The van der Waals surface area contributed by atoms with Crippen molar-refractivity contribution in [1.29, 1.82) is 0 Å². The van der Waals surface area contributed by atoms with Crippen LogP contribution in [-0.4, -0.2) is 73.9 Å². The van der Waals surface area contributed by atoms with E-state index >= 15 is 8.78 Å². The number of benzene rings is 1. The zero-order valence-corrected chi connectivity index (χ0v) is 20.0. The van der Waals surface area contributed by atoms with Gasteiger partial charge in [-0.2, -0.15) is 0 Å². The van der Waals surface area contributed by atoms with Gasteiger partial charge in [0.2, 0.25) is 0 Å². The minimum absolute atomic E-state index is 0.0734. The zero-order chi connectivity index (χ0) is 26.3. The van der Waals surface area contributed by atoms with Gasteiger partial charge in [-0.1, -0.05) is 0 Å². The lowest BCUT2D eigenvalue weighted by Gasteiger charge is -2.32. The number of ether oxygens (including phenoxy) is 2. The van der Waals surface area contributed by atoms with E-state index in [4.69, 9.17) is 14.6 Å². The number of aryl methyl sites for hydroxylation is 1. The first-order chi connectivity index (χ1) is 17.7. The summed E-state index contributed by atoms with van der Waals surface area (Å²) in [7, 11) is 1.30. The minimum Gasteiger partial charge on any atom is -0.476 e. The summed E-state index contributed by atoms with van der Waals surface area (Å²) in [5.41, 5.74) is 1.57. The van der Waals surface area contributed by atoms with E-state index in [9.17, 15) is 9.59 Å². The van der Waals surface area contributed by atoms with Crippen molar-refractivity contribution in [2.45, 2.75) is 19.4 Å². The fourth-order valence-corrected chi connectivity index (χ4v) is 4.46. The third-order valence-electron chi connectivity index (χ3n) is 6.24. The summed E-state index contributed by atoms with van der Waals surface area (Å²) in [6, 6.07) is 5.86. The number of aromatic nitrogens is 4. The van der Waals surface area contributed by atoms with E-state index in [1.807, 2.05) is 13.0 Å². The SMILES string of the molecule is COC(=O)N1CCO[C@@H](Cc2c(-c3c(F)cc(-n4cnc(C(=O)O)c4)cc3F)nc3cc(C)ccn23)C1. The molecule has 1 amide bonds. The first-order valence-corrected chi connectivity index (χ1v) is 11.4. The van der Waals surface area contributed by atoms with Gasteiger partial charge < -0.3 is 28.4 Å². The molecule has 1 atom stereocenters. The molecule has 0 aliphatic carbocycles. The first kappa shape index (κ1) is 24.4. The summed E-state index contributed by atoms with van der Waals surface area (Å²) in [5.74, 6) is -3.00. The summed E-state index contributed by atoms with van der Waals surface area (Å²) < 4.78 is 44.6. The van der Waals surface area contributed by atoms with Gasteiger partial charge >= 0.3 is 12.1 Å². The number of hydrogen-bond donors (Lipinski definition) is 1. The minimum atomic E-state index is -1.25. The van der Waals surface area contributed by atoms with E-state index in [2.05, 4.69) is 9.97 Å². The Morgan fingerprint density at radius 2 is 2.00 bits per heavy atom. The highest BCUT2D eigenvalue weighted by Crippen LogP contribution is 2.33. The molecule has 10 nitrogen and oxygen atoms in total. The van der Waals surface area contributed by atoms with Gasteiger partial charge in [0.15, 0.2) is 5.69 Å². The number of amides is 1. The van der Waals surface area contributed by atoms with Gasteiger partial charge in [0.25, 0.3) is 0 Å². The zero-order valence-electron chi connectivity index (χ0n) is 20.0. The van der Waals surface area contributed by atoms with E-state index in [-0.39, 0.29) is 35.6 Å². The molecule has 0 spiro atoms. The molecule has 3 aromatic heterocycles. The van der Waals surface area contributed by atoms with Crippen LogP contribution >= 0.6 is 0 Å². The Balaban J connectivity index is 1.57. The quantitative estimate of drug-likeness (QED) is 0.437. The van der Waals surface area contributed by atoms with E-state index < -0.39 is 29.8 Å². The highest BCUT2D eigenvalue weighted by molar-refractivity contribution is 5.85. The molecule has 1 aliphatic rings. The number of rotatable bonds is 5. The van der Waals surface area contributed by atoms with Crippen molar-refractivity contribution in [2.24, 2.45) is 0 Å². The second-order valence-electron chi connectivity index (χ2n) is 8.71. The van der Waals surface area contributed by atoms with Crippen LogP contribution in [0.15, 0.2) is 43.0 Å². The molecule has 1 saturated heterocycles. The van der Waals surface area contributed by atoms with Crippen LogP contribution in [0.5, 0.6) is 0 Å². The van der Waals surface area contributed by atoms with Crippen molar-refractivity contribution in [3.63, 3.8) is 0 Å². The summed E-state index contributed by atoms with van der Waals surface area (Å²) in [4.78, 5) is 33.0. The number of carbonyl (C=O) groups excluding carboxylic acids is 1. The highest BCUT2D eigenvalue weighted by atomic mass is 19.1. The summed E-state index contributed by atoms with van der Waals surface area (Å²) in [6.45, 7) is 2.82. The number of hydrogen-bond acceptors (Lipinski definition) is 6. The maximum Gasteiger partial charge on any atom is 0.409 e. The van der Waals surface area contributed by atoms with Crippen LogP contribution in [0.3, 0.4) is 0 Å². The molecule has 192 valence electrons. The van der Waals surface area contributed by atoms with Gasteiger partial charge in [0.1, 0.15) is 23.6 Å². The monoisotopic (exact) mass is 511 g/mol. The number of nitrogens with zero attached hydrogens (tertiary/aromatic N) is 5. The van der Waals surface area contributed by atoms with Gasteiger partial charge in [-0.3, -0.25) is 0 Å². The molecule has 37 heavy (non-hydrogen) atoms. The number of carbonyl (C=O) groups is 2. The molecule has 0 saturated carbocycles. The largest absolute Gasteiger partial charge is 0.476 e. The first-order valence-electron chi connectivity index (χ1n) is 11.4. The van der Waals surface area contributed by atoms with Crippen LogP contribution in [-0.2, 0) is 15.9 Å². The number of carboxylic acid groups (broad SMARTS) is 1. The van der Waals surface area contributed by atoms with Gasteiger partial charge in [0.05, 0.1) is 49.0 Å². The average molecular weight is 511 g/mol. The van der Waals surface area contributed by atoms with Gasteiger partial charge in [0, 0.05) is 25.4 Å². The van der Waals surface area contributed by atoms with Crippen LogP contribution < -0.4 is 0 Å². The molecule has 0 unspecified atom stereocenters. The lowest BCUT2D eigenvalue weighted by Crippen LogP contribution is -2.46. The molecule has 4 heterocycles. The molecule has 0 radical (unpaired) electrons. The molecule has 0 bridgehead atoms. The predicted molar refractivity (Wildman–Crippen MR) is 127 cm³/mol. The number of imidazole rings is 2. The van der Waals surface area contributed by atoms with Crippen LogP contribution in [0.2, 0.25) is 0 Å². The Morgan fingerprint density at radius 1 is 1.24 bits per heavy atom. The van der Waals surface area contributed by atoms with E-state index in [0.29, 0.717) is 24.5 Å². The molecule has 4 aromatic rings. The molecule has 12 heteroatoms. The molecular formula is C25H23F2N5O5. The normalized spacial score (nSPS) is 15.8. The number of methoxy groups -OCH3 is 1. The lowest BCUT2D eigenvalue weighted by atomic mass is 10.0. The van der Waals surface area contributed by atoms with Crippen molar-refractivity contribution >= 4 is 17.7 Å². The third kappa shape index (κ3) is 4.62. The topological polar surface area (TPSA) is 111 Å². The molecular weight excluding hydrogens is 488 g/mol. The second kappa shape index (κ2) is 9.62. The van der Waals surface area contributed by atoms with Crippen molar-refractivity contribution in [3.05, 3.63) is 71.6 Å². The number of aromatic carboxylic acids is 1. The van der Waals surface area contributed by atoms with Crippen LogP contribution in [0.4, 0.5) is 13.6 Å². The fraction of sp³-hybridized carbons (Fsp3) is 0.280. The summed E-state index contributed by atoms with van der Waals surface area (Å²) in [5, 5.41) is 9.09. The van der Waals surface area contributed by atoms with Gasteiger partial charge in [-0.25, -0.2) is 28.3 Å².